The van der Waals surface area contributed by atoms with Gasteiger partial charge < -0.3 is 10.2 Å². The molecule has 1 fully saturated rings. The van der Waals surface area contributed by atoms with E-state index >= 15 is 4.39 Å². The molecule has 0 unspecified atom stereocenters. The number of hydrogen-bond donors (Lipinski definition) is 1. The molecule has 5 nitrogen and oxygen atoms in total. The predicted octanol–water partition coefficient (Wildman–Crippen LogP) is 5.88. The molecule has 1 aromatic carbocycles. The Bertz CT molecular complexity index is 1320. The highest BCUT2D eigenvalue weighted by Gasteiger charge is 2.21. The number of rotatable bonds is 6. The molecule has 1 saturated heterocycles. The van der Waals surface area contributed by atoms with Crippen molar-refractivity contribution in [2.75, 3.05) is 23.3 Å². The Kier molecular flexibility index (Phi) is 6.45. The molecule has 170 valence electrons. The van der Waals surface area contributed by atoms with Gasteiger partial charge in [0.05, 0.1) is 11.1 Å². The van der Waals surface area contributed by atoms with Crippen molar-refractivity contribution in [2.45, 2.75) is 33.1 Å². The lowest BCUT2D eigenvalue weighted by atomic mass is 10.1. The average Bonchev–Trinajstić information content (AvgIpc) is 2.80. The van der Waals surface area contributed by atoms with Gasteiger partial charge in [0.2, 0.25) is 0 Å². The molecule has 0 atom stereocenters. The van der Waals surface area contributed by atoms with Crippen LogP contribution in [0.2, 0.25) is 0 Å². The van der Waals surface area contributed by atoms with Crippen LogP contribution >= 0.6 is 0 Å². The summed E-state index contributed by atoms with van der Waals surface area (Å²) >= 11 is 0. The molecular formula is C27H29FN4O. The Morgan fingerprint density at radius 1 is 1.18 bits per heavy atom. The zero-order valence-corrected chi connectivity index (χ0v) is 19.2. The Morgan fingerprint density at radius 3 is 2.58 bits per heavy atom. The van der Waals surface area contributed by atoms with Crippen molar-refractivity contribution in [3.8, 4) is 5.69 Å². The van der Waals surface area contributed by atoms with Crippen LogP contribution in [0, 0.1) is 12.7 Å². The lowest BCUT2D eigenvalue weighted by Crippen LogP contribution is -2.31. The van der Waals surface area contributed by atoms with Gasteiger partial charge in [0.25, 0.3) is 0 Å². The molecular weight excluding hydrogens is 415 g/mol. The summed E-state index contributed by atoms with van der Waals surface area (Å²) in [4.78, 5) is 19.8. The fourth-order valence-corrected chi connectivity index (χ4v) is 4.23. The number of nitrogens with zero attached hydrogens (tertiary/aromatic N) is 3. The highest BCUT2D eigenvalue weighted by molar-refractivity contribution is 5.82. The van der Waals surface area contributed by atoms with Gasteiger partial charge in [-0.05, 0) is 62.5 Å². The van der Waals surface area contributed by atoms with E-state index in [0.29, 0.717) is 17.3 Å². The van der Waals surface area contributed by atoms with Gasteiger partial charge in [0.15, 0.2) is 22.7 Å². The highest BCUT2D eigenvalue weighted by atomic mass is 19.1. The normalized spacial score (nSPS) is 14.4. The number of aryl methyl sites for hydroxylation is 1. The van der Waals surface area contributed by atoms with Crippen molar-refractivity contribution < 1.29 is 4.39 Å². The van der Waals surface area contributed by atoms with Gasteiger partial charge in [-0.25, -0.2) is 9.37 Å². The Labute approximate surface area is 193 Å². The molecule has 2 aromatic heterocycles. The van der Waals surface area contributed by atoms with Crippen molar-refractivity contribution in [1.29, 1.82) is 0 Å². The van der Waals surface area contributed by atoms with Gasteiger partial charge in [-0.2, -0.15) is 0 Å². The number of halogens is 1. The van der Waals surface area contributed by atoms with E-state index in [0.717, 1.165) is 54.9 Å². The number of nitrogens with one attached hydrogen (secondary N) is 1. The molecule has 0 amide bonds. The molecule has 3 heterocycles. The monoisotopic (exact) mass is 444 g/mol. The topological polar surface area (TPSA) is 50.2 Å². The van der Waals surface area contributed by atoms with Crippen molar-refractivity contribution in [3.63, 3.8) is 0 Å². The lowest BCUT2D eigenvalue weighted by molar-refractivity contribution is 0.551. The minimum atomic E-state index is -0.465. The van der Waals surface area contributed by atoms with Crippen LogP contribution in [0.4, 0.5) is 16.0 Å². The van der Waals surface area contributed by atoms with E-state index < -0.39 is 5.82 Å². The third-order valence-electron chi connectivity index (χ3n) is 5.94. The minimum absolute atomic E-state index is 0.242. The van der Waals surface area contributed by atoms with Crippen LogP contribution in [-0.4, -0.2) is 22.6 Å². The molecule has 33 heavy (non-hydrogen) atoms. The van der Waals surface area contributed by atoms with Crippen LogP contribution in [0.3, 0.4) is 0 Å². The summed E-state index contributed by atoms with van der Waals surface area (Å²) in [5.41, 5.74) is 3.49. The van der Waals surface area contributed by atoms with Crippen LogP contribution in [-0.2, 0) is 0 Å². The maximum Gasteiger partial charge on any atom is 0.193 e. The highest BCUT2D eigenvalue weighted by Crippen LogP contribution is 2.29. The second-order valence-corrected chi connectivity index (χ2v) is 8.45. The fraction of sp³-hybridized carbons (Fsp3) is 0.259. The fourth-order valence-electron chi connectivity index (χ4n) is 4.23. The number of piperidine rings is 1. The van der Waals surface area contributed by atoms with Crippen molar-refractivity contribution in [2.24, 2.45) is 0 Å². The molecule has 3 aromatic rings. The molecule has 0 radical (unpaired) electrons. The summed E-state index contributed by atoms with van der Waals surface area (Å²) in [5.74, 6) is 0.358. The summed E-state index contributed by atoms with van der Waals surface area (Å²) in [6, 6.07) is 10.7. The second-order valence-electron chi connectivity index (χ2n) is 8.45. The van der Waals surface area contributed by atoms with Crippen LogP contribution in [0.1, 0.15) is 31.7 Å². The summed E-state index contributed by atoms with van der Waals surface area (Å²) in [5, 5.41) is 3.57. The minimum Gasteiger partial charge on any atom is -0.354 e. The zero-order valence-electron chi connectivity index (χ0n) is 19.2. The van der Waals surface area contributed by atoms with E-state index in [2.05, 4.69) is 18.5 Å². The van der Waals surface area contributed by atoms with E-state index in [-0.39, 0.29) is 10.8 Å². The molecule has 0 saturated carbocycles. The van der Waals surface area contributed by atoms with Gasteiger partial charge in [-0.1, -0.05) is 37.4 Å². The first-order valence-electron chi connectivity index (χ1n) is 11.2. The first-order valence-corrected chi connectivity index (χ1v) is 11.2. The van der Waals surface area contributed by atoms with E-state index in [4.69, 9.17) is 4.98 Å². The van der Waals surface area contributed by atoms with Gasteiger partial charge in [0, 0.05) is 24.9 Å². The quantitative estimate of drug-likeness (QED) is 0.482. The van der Waals surface area contributed by atoms with Gasteiger partial charge in [-0.15, -0.1) is 0 Å². The number of para-hydroxylation sites is 1. The van der Waals surface area contributed by atoms with Crippen LogP contribution in [0.25, 0.3) is 16.7 Å². The number of anilines is 2. The van der Waals surface area contributed by atoms with Crippen molar-refractivity contribution in [1.82, 2.24) is 9.55 Å². The Morgan fingerprint density at radius 2 is 1.91 bits per heavy atom. The number of fused-ring (bicyclic) bond motifs is 1. The molecule has 1 N–H and O–H groups in total. The lowest BCUT2D eigenvalue weighted by Gasteiger charge is -2.28. The van der Waals surface area contributed by atoms with Gasteiger partial charge >= 0.3 is 0 Å². The van der Waals surface area contributed by atoms with Crippen LogP contribution < -0.4 is 15.6 Å². The van der Waals surface area contributed by atoms with Crippen molar-refractivity contribution >= 4 is 22.7 Å². The molecule has 0 bridgehead atoms. The van der Waals surface area contributed by atoms with Gasteiger partial charge in [0.1, 0.15) is 5.82 Å². The number of hydrogen-bond acceptors (Lipinski definition) is 4. The smallest absolute Gasteiger partial charge is 0.193 e. The Balaban J connectivity index is 2.03. The van der Waals surface area contributed by atoms with Crippen molar-refractivity contribution in [3.05, 3.63) is 94.6 Å². The summed E-state index contributed by atoms with van der Waals surface area (Å²) in [7, 11) is 0. The molecule has 6 heteroatoms. The maximum atomic E-state index is 15.1. The van der Waals surface area contributed by atoms with Crippen LogP contribution in [0.15, 0.2) is 77.8 Å². The van der Waals surface area contributed by atoms with Gasteiger partial charge in [-0.3, -0.25) is 9.36 Å². The zero-order chi connectivity index (χ0) is 23.5. The first kappa shape index (κ1) is 22.5. The Hall–Kier alpha value is -3.67. The molecule has 1 aliphatic heterocycles. The third-order valence-corrected chi connectivity index (χ3v) is 5.94. The summed E-state index contributed by atoms with van der Waals surface area (Å²) in [6.45, 7) is 13.2. The average molecular weight is 445 g/mol. The largest absolute Gasteiger partial charge is 0.354 e. The van der Waals surface area contributed by atoms with E-state index in [1.807, 2.05) is 47.6 Å². The van der Waals surface area contributed by atoms with Crippen LogP contribution in [0.5, 0.6) is 0 Å². The van der Waals surface area contributed by atoms with E-state index in [1.54, 1.807) is 12.2 Å². The summed E-state index contributed by atoms with van der Waals surface area (Å²) < 4.78 is 17.0. The third kappa shape index (κ3) is 4.46. The predicted molar refractivity (Wildman–Crippen MR) is 135 cm³/mol. The SMILES string of the molecule is C=C/C=C(/Nc1cc(=O)c2cc(F)c(N3CCCCC3)nc2n1-c1ccccc1C)C(=C)C. The van der Waals surface area contributed by atoms with E-state index in [1.165, 1.54) is 12.1 Å². The number of aromatic nitrogens is 2. The summed E-state index contributed by atoms with van der Waals surface area (Å²) in [6.07, 6.45) is 6.60. The second kappa shape index (κ2) is 9.45. The molecule has 0 spiro atoms. The number of benzene rings is 1. The number of pyridine rings is 2. The number of allylic oxidation sites excluding steroid dienone is 3. The standard InChI is InChI=1S/C27H29FN4O/c1-5-11-22(18(2)3)29-25-17-24(33)20-16-21(28)27(31-14-9-6-10-15-31)30-26(20)32(25)23-13-8-7-12-19(23)4/h5,7-8,11-13,16-17,29H,1-2,6,9-10,14-15H2,3-4H3/b22-11+. The molecule has 1 aliphatic rings. The van der Waals surface area contributed by atoms with E-state index in [9.17, 15) is 4.79 Å². The first-order chi connectivity index (χ1) is 15.9. The maximum absolute atomic E-state index is 15.1. The molecule has 0 aliphatic carbocycles. The molecule has 4 rings (SSSR count).